The van der Waals surface area contributed by atoms with Crippen LogP contribution in [0, 0.1) is 0 Å². The van der Waals surface area contributed by atoms with Gasteiger partial charge in [-0.25, -0.2) is 9.97 Å². The topological polar surface area (TPSA) is 54.4 Å². The lowest BCUT2D eigenvalue weighted by atomic mass is 10.1. The molecule has 1 saturated heterocycles. The molecule has 0 unspecified atom stereocenters. The fourth-order valence-corrected chi connectivity index (χ4v) is 3.64. The van der Waals surface area contributed by atoms with Crippen molar-refractivity contribution < 1.29 is 4.84 Å². The number of benzene rings is 1. The number of nitrogens with zero attached hydrogens (tertiary/aromatic N) is 5. The van der Waals surface area contributed by atoms with Crippen LogP contribution in [0.3, 0.4) is 0 Å². The molecule has 3 aromatic rings. The maximum atomic E-state index is 5.25. The van der Waals surface area contributed by atoms with E-state index in [2.05, 4.69) is 31.4 Å². The zero-order valence-corrected chi connectivity index (χ0v) is 13.8. The lowest BCUT2D eigenvalue weighted by molar-refractivity contribution is -0.146. The zero-order chi connectivity index (χ0) is 15.8. The molecule has 1 aromatic carbocycles. The predicted octanol–water partition coefficient (Wildman–Crippen LogP) is 2.44. The van der Waals surface area contributed by atoms with Crippen molar-refractivity contribution in [3.63, 3.8) is 0 Å². The molecule has 3 heterocycles. The lowest BCUT2D eigenvalue weighted by Crippen LogP contribution is -2.58. The third-order valence-corrected chi connectivity index (χ3v) is 5.08. The fourth-order valence-electron chi connectivity index (χ4n) is 2.77. The minimum Gasteiger partial charge on any atom is -0.352 e. The molecule has 1 aliphatic heterocycles. The number of anilines is 1. The minimum absolute atomic E-state index is 0.395. The second kappa shape index (κ2) is 5.84. The number of fused-ring (bicyclic) bond motifs is 1. The van der Waals surface area contributed by atoms with E-state index in [1.807, 2.05) is 30.3 Å². The van der Waals surface area contributed by atoms with Crippen molar-refractivity contribution in [1.82, 2.24) is 19.4 Å². The van der Waals surface area contributed by atoms with Crippen molar-refractivity contribution in [1.29, 1.82) is 0 Å². The van der Waals surface area contributed by atoms with Gasteiger partial charge in [0.25, 0.3) is 0 Å². The average Bonchev–Trinajstić information content (AvgIpc) is 2.99. The lowest BCUT2D eigenvalue weighted by Gasteiger charge is -2.43. The van der Waals surface area contributed by atoms with Crippen molar-refractivity contribution in [3.8, 4) is 11.3 Å². The van der Waals surface area contributed by atoms with E-state index < -0.39 is 0 Å². The Morgan fingerprint density at radius 3 is 2.74 bits per heavy atom. The number of likely N-dealkylation sites (N-methyl/N-ethyl adjacent to an activating group) is 1. The first kappa shape index (κ1) is 14.5. The van der Waals surface area contributed by atoms with E-state index in [4.69, 9.17) is 4.84 Å². The summed E-state index contributed by atoms with van der Waals surface area (Å²) in [5.74, 6) is 0.968. The van der Waals surface area contributed by atoms with E-state index in [0.29, 0.717) is 6.04 Å². The van der Waals surface area contributed by atoms with Crippen LogP contribution in [-0.2, 0) is 4.84 Å². The van der Waals surface area contributed by atoms with E-state index >= 15 is 0 Å². The maximum absolute atomic E-state index is 5.25. The van der Waals surface area contributed by atoms with E-state index in [0.717, 1.165) is 40.4 Å². The highest BCUT2D eigenvalue weighted by Gasteiger charge is 2.33. The summed E-state index contributed by atoms with van der Waals surface area (Å²) in [6.45, 7) is 1.80. The van der Waals surface area contributed by atoms with Gasteiger partial charge in [-0.15, -0.1) is 0 Å². The molecule has 0 saturated carbocycles. The van der Waals surface area contributed by atoms with Gasteiger partial charge in [0, 0.05) is 25.7 Å². The van der Waals surface area contributed by atoms with Gasteiger partial charge < -0.3 is 9.74 Å². The molecule has 1 aliphatic rings. The molecule has 0 spiro atoms. The average molecular weight is 327 g/mol. The van der Waals surface area contributed by atoms with Crippen LogP contribution in [0.2, 0.25) is 0 Å². The quantitative estimate of drug-likeness (QED) is 0.686. The summed E-state index contributed by atoms with van der Waals surface area (Å²) >= 11 is 1.47. The molecule has 0 N–H and O–H groups in total. The summed E-state index contributed by atoms with van der Waals surface area (Å²) < 4.78 is 5.66. The standard InChI is InChI=1S/C16H17N5OS/c1-20(22-2)12-8-21(9-12)16-15-14(17-10-18-16)13(19-23-15)11-6-4-3-5-7-11/h3-7,10,12H,8-9H2,1-2H3. The van der Waals surface area contributed by atoms with Gasteiger partial charge in [0.1, 0.15) is 22.2 Å². The molecule has 118 valence electrons. The summed E-state index contributed by atoms with van der Waals surface area (Å²) in [5.41, 5.74) is 2.94. The molecule has 1 fully saturated rings. The maximum Gasteiger partial charge on any atom is 0.151 e. The van der Waals surface area contributed by atoms with Gasteiger partial charge in [0.15, 0.2) is 5.82 Å². The molecular formula is C16H17N5OS. The Hall–Kier alpha value is -2.09. The number of rotatable bonds is 4. The highest BCUT2D eigenvalue weighted by atomic mass is 32.1. The molecule has 0 atom stereocenters. The van der Waals surface area contributed by atoms with Crippen LogP contribution in [0.1, 0.15) is 0 Å². The van der Waals surface area contributed by atoms with Crippen LogP contribution in [-0.4, -0.2) is 52.7 Å². The smallest absolute Gasteiger partial charge is 0.151 e. The molecule has 0 radical (unpaired) electrons. The zero-order valence-electron chi connectivity index (χ0n) is 13.0. The first-order valence-corrected chi connectivity index (χ1v) is 8.23. The van der Waals surface area contributed by atoms with Crippen molar-refractivity contribution in [3.05, 3.63) is 36.7 Å². The SMILES string of the molecule is CON(C)C1CN(c2ncnc3c(-c4ccccc4)nsc23)C1. The Labute approximate surface area is 138 Å². The number of hydrogen-bond donors (Lipinski definition) is 0. The predicted molar refractivity (Wildman–Crippen MR) is 91.4 cm³/mol. The Morgan fingerprint density at radius 1 is 1.22 bits per heavy atom. The third-order valence-electron chi connectivity index (χ3n) is 4.25. The molecular weight excluding hydrogens is 310 g/mol. The summed E-state index contributed by atoms with van der Waals surface area (Å²) in [6, 6.07) is 10.6. The van der Waals surface area contributed by atoms with Gasteiger partial charge in [-0.1, -0.05) is 30.3 Å². The minimum atomic E-state index is 0.395. The first-order valence-electron chi connectivity index (χ1n) is 7.45. The second-order valence-corrected chi connectivity index (χ2v) is 6.33. The molecule has 0 aliphatic carbocycles. The molecule has 2 aromatic heterocycles. The van der Waals surface area contributed by atoms with Gasteiger partial charge in [-0.3, -0.25) is 0 Å². The normalized spacial score (nSPS) is 15.3. The van der Waals surface area contributed by atoms with Crippen LogP contribution in [0.4, 0.5) is 5.82 Å². The second-order valence-electron chi connectivity index (χ2n) is 5.56. The third kappa shape index (κ3) is 2.46. The van der Waals surface area contributed by atoms with Crippen LogP contribution in [0.5, 0.6) is 0 Å². The van der Waals surface area contributed by atoms with Crippen LogP contribution < -0.4 is 4.90 Å². The largest absolute Gasteiger partial charge is 0.352 e. The summed E-state index contributed by atoms with van der Waals surface area (Å²) in [5, 5.41) is 1.89. The molecule has 6 nitrogen and oxygen atoms in total. The van der Waals surface area contributed by atoms with Crippen LogP contribution in [0.25, 0.3) is 21.5 Å². The molecule has 0 bridgehead atoms. The monoisotopic (exact) mass is 327 g/mol. The summed E-state index contributed by atoms with van der Waals surface area (Å²) in [7, 11) is 3.65. The number of aromatic nitrogens is 3. The van der Waals surface area contributed by atoms with Crippen molar-refractivity contribution >= 4 is 27.6 Å². The summed E-state index contributed by atoms with van der Waals surface area (Å²) in [4.78, 5) is 16.4. The van der Waals surface area contributed by atoms with Gasteiger partial charge in [-0.2, -0.15) is 9.44 Å². The van der Waals surface area contributed by atoms with E-state index in [1.54, 1.807) is 13.4 Å². The number of hydrogen-bond acceptors (Lipinski definition) is 7. The van der Waals surface area contributed by atoms with Crippen LogP contribution in [0.15, 0.2) is 36.7 Å². The highest BCUT2D eigenvalue weighted by molar-refractivity contribution is 7.14. The number of hydroxylamine groups is 2. The van der Waals surface area contributed by atoms with Crippen molar-refractivity contribution in [2.45, 2.75) is 6.04 Å². The van der Waals surface area contributed by atoms with Gasteiger partial charge in [0.2, 0.25) is 0 Å². The van der Waals surface area contributed by atoms with E-state index in [1.165, 1.54) is 11.5 Å². The van der Waals surface area contributed by atoms with Crippen LogP contribution >= 0.6 is 11.5 Å². The van der Waals surface area contributed by atoms with Gasteiger partial charge >= 0.3 is 0 Å². The Bertz CT molecular complexity index is 816. The Morgan fingerprint density at radius 2 is 2.00 bits per heavy atom. The Balaban J connectivity index is 1.67. The van der Waals surface area contributed by atoms with E-state index in [-0.39, 0.29) is 0 Å². The highest BCUT2D eigenvalue weighted by Crippen LogP contribution is 2.35. The van der Waals surface area contributed by atoms with E-state index in [9.17, 15) is 0 Å². The van der Waals surface area contributed by atoms with Crippen molar-refractivity contribution in [2.24, 2.45) is 0 Å². The summed E-state index contributed by atoms with van der Waals surface area (Å²) in [6.07, 6.45) is 1.63. The van der Waals surface area contributed by atoms with Gasteiger partial charge in [0.05, 0.1) is 13.2 Å². The first-order chi connectivity index (χ1) is 11.3. The van der Waals surface area contributed by atoms with Gasteiger partial charge in [-0.05, 0) is 11.5 Å². The molecule has 7 heteroatoms. The fraction of sp³-hybridized carbons (Fsp3) is 0.312. The Kier molecular flexibility index (Phi) is 3.68. The molecule has 23 heavy (non-hydrogen) atoms. The molecule has 4 rings (SSSR count). The van der Waals surface area contributed by atoms with Crippen molar-refractivity contribution in [2.75, 3.05) is 32.1 Å². The molecule has 0 amide bonds.